The number of para-hydroxylation sites is 2. The van der Waals surface area contributed by atoms with Crippen LogP contribution in [0.5, 0.6) is 0 Å². The molecule has 0 atom stereocenters. The number of aromatic nitrogens is 3. The molecule has 0 N–H and O–H groups in total. The molecule has 39 heavy (non-hydrogen) atoms. The molecular weight excluding hydrogens is 494 g/mol. The molecule has 7 rings (SSSR count). The van der Waals surface area contributed by atoms with Gasteiger partial charge < -0.3 is 0 Å². The summed E-state index contributed by atoms with van der Waals surface area (Å²) in [7, 11) is 0. The van der Waals surface area contributed by atoms with Gasteiger partial charge in [0.25, 0.3) is 0 Å². The fourth-order valence-electron chi connectivity index (χ4n) is 5.44. The van der Waals surface area contributed by atoms with Gasteiger partial charge in [-0.3, -0.25) is 4.57 Å². The Morgan fingerprint density at radius 1 is 0.692 bits per heavy atom. The largest absolute Gasteiger partial charge is 0.292 e. The Kier molecular flexibility index (Phi) is 5.43. The quantitative estimate of drug-likeness (QED) is 0.231. The number of hydrogen-bond donors (Lipinski definition) is 0. The van der Waals surface area contributed by atoms with E-state index in [2.05, 4.69) is 135 Å². The van der Waals surface area contributed by atoms with Gasteiger partial charge in [-0.1, -0.05) is 81.4 Å². The fraction of sp³-hybridized carbons (Fsp3) is 0.143. The number of aryl methyl sites for hydroxylation is 1. The lowest BCUT2D eigenvalue weighted by molar-refractivity contribution is 0.590. The molecule has 0 aliphatic rings. The summed E-state index contributed by atoms with van der Waals surface area (Å²) in [6.45, 7) is 8.86. The number of benzene rings is 4. The third-order valence-corrected chi connectivity index (χ3v) is 8.64. The Labute approximate surface area is 232 Å². The predicted octanol–water partition coefficient (Wildman–Crippen LogP) is 9.73. The van der Waals surface area contributed by atoms with Crippen molar-refractivity contribution in [1.29, 1.82) is 0 Å². The number of fused-ring (bicyclic) bond motifs is 4. The first kappa shape index (κ1) is 23.8. The predicted molar refractivity (Wildman–Crippen MR) is 166 cm³/mol. The van der Waals surface area contributed by atoms with Crippen molar-refractivity contribution in [2.45, 2.75) is 33.1 Å². The standard InChI is InChI=1S/C35H29N3S/c1-22-17-19-26-25-13-10-14-27(32(25)39-34(26)36-22)33-37-29-15-8-9-16-31(29)38(33)30-20-18-24(35(2,3)4)21-28(30)23-11-6-5-7-12-23/h5-21H,1-4H3. The second-order valence-electron chi connectivity index (χ2n) is 11.2. The van der Waals surface area contributed by atoms with E-state index in [-0.39, 0.29) is 5.41 Å². The van der Waals surface area contributed by atoms with Crippen LogP contribution in [0.3, 0.4) is 0 Å². The van der Waals surface area contributed by atoms with E-state index >= 15 is 0 Å². The van der Waals surface area contributed by atoms with Crippen LogP contribution in [0.25, 0.3) is 59.5 Å². The minimum Gasteiger partial charge on any atom is -0.292 e. The molecule has 0 spiro atoms. The minimum absolute atomic E-state index is 0.0374. The van der Waals surface area contributed by atoms with Crippen LogP contribution >= 0.6 is 11.3 Å². The summed E-state index contributed by atoms with van der Waals surface area (Å²) < 4.78 is 3.57. The van der Waals surface area contributed by atoms with E-state index in [9.17, 15) is 0 Å². The monoisotopic (exact) mass is 523 g/mol. The molecule has 0 radical (unpaired) electrons. The van der Waals surface area contributed by atoms with Gasteiger partial charge in [-0.2, -0.15) is 0 Å². The highest BCUT2D eigenvalue weighted by atomic mass is 32.1. The summed E-state index contributed by atoms with van der Waals surface area (Å²) in [5.41, 5.74) is 9.12. The molecule has 4 heteroatoms. The van der Waals surface area contributed by atoms with E-state index in [1.54, 1.807) is 11.3 Å². The van der Waals surface area contributed by atoms with Gasteiger partial charge in [0.2, 0.25) is 0 Å². The van der Waals surface area contributed by atoms with Gasteiger partial charge in [-0.15, -0.1) is 11.3 Å². The molecule has 0 amide bonds. The van der Waals surface area contributed by atoms with Crippen molar-refractivity contribution in [2.75, 3.05) is 0 Å². The molecule has 7 aromatic rings. The summed E-state index contributed by atoms with van der Waals surface area (Å²) in [5.74, 6) is 0.950. The molecule has 0 saturated heterocycles. The second kappa shape index (κ2) is 8.89. The average Bonchev–Trinajstić information content (AvgIpc) is 3.50. The van der Waals surface area contributed by atoms with Gasteiger partial charge in [0.05, 0.1) is 16.7 Å². The first-order chi connectivity index (χ1) is 18.9. The second-order valence-corrected chi connectivity index (χ2v) is 12.2. The molecule has 0 bridgehead atoms. The van der Waals surface area contributed by atoms with Crippen molar-refractivity contribution in [1.82, 2.24) is 14.5 Å². The van der Waals surface area contributed by atoms with Crippen molar-refractivity contribution in [3.63, 3.8) is 0 Å². The van der Waals surface area contributed by atoms with Crippen molar-refractivity contribution in [2.24, 2.45) is 0 Å². The molecule has 0 unspecified atom stereocenters. The van der Waals surface area contributed by atoms with Crippen LogP contribution in [-0.2, 0) is 5.41 Å². The van der Waals surface area contributed by atoms with E-state index in [1.807, 2.05) is 0 Å². The highest BCUT2D eigenvalue weighted by molar-refractivity contribution is 7.26. The zero-order chi connectivity index (χ0) is 26.7. The molecule has 0 fully saturated rings. The number of imidazole rings is 1. The highest BCUT2D eigenvalue weighted by Gasteiger charge is 2.22. The first-order valence-electron chi connectivity index (χ1n) is 13.4. The van der Waals surface area contributed by atoms with E-state index in [1.165, 1.54) is 32.2 Å². The zero-order valence-electron chi connectivity index (χ0n) is 22.6. The maximum Gasteiger partial charge on any atom is 0.147 e. The molecule has 0 aliphatic heterocycles. The van der Waals surface area contributed by atoms with Crippen LogP contribution < -0.4 is 0 Å². The lowest BCUT2D eigenvalue weighted by Crippen LogP contribution is -2.12. The highest BCUT2D eigenvalue weighted by Crippen LogP contribution is 2.42. The normalized spacial score (nSPS) is 12.1. The van der Waals surface area contributed by atoms with Crippen molar-refractivity contribution >= 4 is 42.7 Å². The minimum atomic E-state index is 0.0374. The van der Waals surface area contributed by atoms with Gasteiger partial charge in [0, 0.05) is 32.3 Å². The molecule has 0 saturated carbocycles. The van der Waals surface area contributed by atoms with Crippen LogP contribution in [0.2, 0.25) is 0 Å². The third kappa shape index (κ3) is 3.95. The van der Waals surface area contributed by atoms with Gasteiger partial charge in [-0.25, -0.2) is 9.97 Å². The Hall–Kier alpha value is -4.28. The van der Waals surface area contributed by atoms with Gasteiger partial charge in [0.1, 0.15) is 10.7 Å². The molecule has 3 heterocycles. The third-order valence-electron chi connectivity index (χ3n) is 7.49. The topological polar surface area (TPSA) is 30.7 Å². The van der Waals surface area contributed by atoms with E-state index in [4.69, 9.17) is 9.97 Å². The van der Waals surface area contributed by atoms with Crippen molar-refractivity contribution < 1.29 is 0 Å². The Morgan fingerprint density at radius 3 is 2.31 bits per heavy atom. The number of hydrogen-bond acceptors (Lipinski definition) is 3. The molecular formula is C35H29N3S. The van der Waals surface area contributed by atoms with E-state index in [0.717, 1.165) is 38.6 Å². The molecule has 190 valence electrons. The molecule has 3 nitrogen and oxygen atoms in total. The summed E-state index contributed by atoms with van der Waals surface area (Å²) >= 11 is 1.75. The Morgan fingerprint density at radius 2 is 1.49 bits per heavy atom. The Balaban J connectivity index is 1.57. The summed E-state index contributed by atoms with van der Waals surface area (Å²) in [5, 5.41) is 2.43. The SMILES string of the molecule is Cc1ccc2c(n1)sc1c(-c3nc4ccccc4n3-c3ccc(C(C)(C)C)cc3-c3ccccc3)cccc12. The lowest BCUT2D eigenvalue weighted by atomic mass is 9.85. The molecule has 4 aromatic carbocycles. The average molecular weight is 524 g/mol. The summed E-state index contributed by atoms with van der Waals surface area (Å²) in [6, 6.07) is 36.9. The molecule has 3 aromatic heterocycles. The summed E-state index contributed by atoms with van der Waals surface area (Å²) in [4.78, 5) is 11.2. The lowest BCUT2D eigenvalue weighted by Gasteiger charge is -2.23. The maximum absolute atomic E-state index is 5.25. The van der Waals surface area contributed by atoms with Gasteiger partial charge in [0.15, 0.2) is 0 Å². The summed E-state index contributed by atoms with van der Waals surface area (Å²) in [6.07, 6.45) is 0. The number of rotatable bonds is 3. The number of nitrogens with zero attached hydrogens (tertiary/aromatic N) is 3. The van der Waals surface area contributed by atoms with Crippen LogP contribution in [0, 0.1) is 6.92 Å². The van der Waals surface area contributed by atoms with Crippen LogP contribution in [0.4, 0.5) is 0 Å². The molecule has 0 aliphatic carbocycles. The first-order valence-corrected chi connectivity index (χ1v) is 14.2. The van der Waals surface area contributed by atoms with Crippen LogP contribution in [0.1, 0.15) is 32.0 Å². The number of thiophene rings is 1. The maximum atomic E-state index is 5.25. The van der Waals surface area contributed by atoms with E-state index < -0.39 is 0 Å². The van der Waals surface area contributed by atoms with Crippen molar-refractivity contribution in [3.8, 4) is 28.2 Å². The smallest absolute Gasteiger partial charge is 0.147 e. The fourth-order valence-corrected chi connectivity index (χ4v) is 6.67. The van der Waals surface area contributed by atoms with Crippen LogP contribution in [0.15, 0.2) is 103 Å². The van der Waals surface area contributed by atoms with Gasteiger partial charge >= 0.3 is 0 Å². The van der Waals surface area contributed by atoms with Crippen molar-refractivity contribution in [3.05, 3.63) is 114 Å². The zero-order valence-corrected chi connectivity index (χ0v) is 23.4. The van der Waals surface area contributed by atoms with E-state index in [0.29, 0.717) is 0 Å². The van der Waals surface area contributed by atoms with Gasteiger partial charge in [-0.05, 0) is 65.9 Å². The number of pyridine rings is 1. The Bertz CT molecular complexity index is 2010. The van der Waals surface area contributed by atoms with Crippen LogP contribution in [-0.4, -0.2) is 14.5 Å².